The van der Waals surface area contributed by atoms with Gasteiger partial charge in [0.2, 0.25) is 0 Å². The average Bonchev–Trinajstić information content (AvgIpc) is 2.62. The van der Waals surface area contributed by atoms with E-state index in [1.165, 1.54) is 5.56 Å². The number of nitrogens with zero attached hydrogens (tertiary/aromatic N) is 2. The van der Waals surface area contributed by atoms with E-state index in [0.29, 0.717) is 0 Å². The van der Waals surface area contributed by atoms with Crippen molar-refractivity contribution in [1.29, 1.82) is 0 Å². The van der Waals surface area contributed by atoms with Gasteiger partial charge in [0.25, 0.3) is 10.8 Å². The van der Waals surface area contributed by atoms with Crippen molar-refractivity contribution in [1.82, 2.24) is 5.32 Å². The summed E-state index contributed by atoms with van der Waals surface area (Å²) >= 11 is 0. The number of nitro benzene ring substituents is 1. The second-order valence-corrected chi connectivity index (χ2v) is 3.05. The van der Waals surface area contributed by atoms with Crippen molar-refractivity contribution in [2.45, 2.75) is 13.1 Å². The highest BCUT2D eigenvalue weighted by Gasteiger charge is 2.13. The monoisotopic (exact) mass is 227 g/mol. The number of rotatable bonds is 1. The maximum atomic E-state index is 10.4. The molecule has 2 rings (SSSR count). The summed E-state index contributed by atoms with van der Waals surface area (Å²) in [5, 5.41) is 27.2. The van der Waals surface area contributed by atoms with Gasteiger partial charge < -0.3 is 10.5 Å². The van der Waals surface area contributed by atoms with Crippen LogP contribution in [0.1, 0.15) is 11.1 Å². The number of nitro groups is 1. The highest BCUT2D eigenvalue weighted by atomic mass is 16.9. The predicted molar refractivity (Wildman–Crippen MR) is 52.4 cm³/mol. The molecule has 0 aliphatic carbocycles. The van der Waals surface area contributed by atoms with Gasteiger partial charge in [-0.3, -0.25) is 10.1 Å². The number of hydrogen-bond donors (Lipinski definition) is 2. The quantitative estimate of drug-likeness (QED) is 0.542. The molecule has 0 fully saturated rings. The molecule has 8 nitrogen and oxygen atoms in total. The van der Waals surface area contributed by atoms with E-state index in [1.807, 2.05) is 6.07 Å². The standard InChI is InChI=1S/C8H8N2O2.HNO3/c11-10(12)8-2-1-6-4-9-5-7(6)3-8;2-1(3)4/h1-3,9H,4-5H2;(H,2,3,4). The Bertz CT molecular complexity index is 416. The molecule has 1 aromatic rings. The van der Waals surface area contributed by atoms with Crippen LogP contribution in [-0.2, 0) is 13.1 Å². The minimum absolute atomic E-state index is 0.178. The number of nitrogens with one attached hydrogen (secondary N) is 1. The van der Waals surface area contributed by atoms with Crippen molar-refractivity contribution in [3.8, 4) is 0 Å². The first-order chi connectivity index (χ1) is 7.50. The Morgan fingerprint density at radius 1 is 1.19 bits per heavy atom. The molecule has 0 saturated carbocycles. The van der Waals surface area contributed by atoms with E-state index in [9.17, 15) is 10.1 Å². The fourth-order valence-electron chi connectivity index (χ4n) is 1.39. The van der Waals surface area contributed by atoms with Crippen LogP contribution in [0.5, 0.6) is 0 Å². The minimum atomic E-state index is -1.50. The van der Waals surface area contributed by atoms with Crippen LogP contribution in [0.2, 0.25) is 0 Å². The first kappa shape index (κ1) is 11.9. The molecule has 2 N–H and O–H groups in total. The van der Waals surface area contributed by atoms with Crippen LogP contribution in [0.25, 0.3) is 0 Å². The Labute approximate surface area is 89.8 Å². The maximum absolute atomic E-state index is 10.4. The molecule has 0 bridgehead atoms. The zero-order chi connectivity index (χ0) is 12.1. The van der Waals surface area contributed by atoms with Crippen LogP contribution in [0.3, 0.4) is 0 Å². The summed E-state index contributed by atoms with van der Waals surface area (Å²) in [4.78, 5) is 18.4. The summed E-state index contributed by atoms with van der Waals surface area (Å²) in [5.41, 5.74) is 2.39. The Kier molecular flexibility index (Phi) is 3.72. The smallest absolute Gasteiger partial charge is 0.291 e. The van der Waals surface area contributed by atoms with Gasteiger partial charge in [-0.2, -0.15) is 0 Å². The number of benzene rings is 1. The molecule has 0 amide bonds. The molecule has 1 aliphatic heterocycles. The Hall–Kier alpha value is -2.22. The third kappa shape index (κ3) is 3.17. The van der Waals surface area contributed by atoms with Gasteiger partial charge in [0.1, 0.15) is 0 Å². The minimum Gasteiger partial charge on any atom is -0.328 e. The number of fused-ring (bicyclic) bond motifs is 1. The van der Waals surface area contributed by atoms with Crippen LogP contribution in [0, 0.1) is 20.2 Å². The molecule has 86 valence electrons. The van der Waals surface area contributed by atoms with Crippen molar-refractivity contribution >= 4 is 5.69 Å². The molecular formula is C8H9N3O5. The Morgan fingerprint density at radius 3 is 2.31 bits per heavy atom. The molecule has 0 aromatic heterocycles. The molecule has 1 aliphatic rings. The molecule has 0 spiro atoms. The first-order valence-electron chi connectivity index (χ1n) is 4.31. The normalized spacial score (nSPS) is 12.2. The van der Waals surface area contributed by atoms with Crippen molar-refractivity contribution < 1.29 is 15.2 Å². The zero-order valence-electron chi connectivity index (χ0n) is 8.12. The predicted octanol–water partition coefficient (Wildman–Crippen LogP) is 0.850. The molecule has 0 unspecified atom stereocenters. The van der Waals surface area contributed by atoms with Crippen molar-refractivity contribution in [2.24, 2.45) is 0 Å². The van der Waals surface area contributed by atoms with E-state index in [4.69, 9.17) is 15.3 Å². The van der Waals surface area contributed by atoms with Gasteiger partial charge in [0.15, 0.2) is 0 Å². The van der Waals surface area contributed by atoms with E-state index in [0.717, 1.165) is 18.7 Å². The SMILES string of the molecule is O=[N+]([O-])O.O=[N+]([O-])c1ccc2c(c1)CNC2. The van der Waals surface area contributed by atoms with Gasteiger partial charge >= 0.3 is 0 Å². The summed E-state index contributed by atoms with van der Waals surface area (Å²) in [6.07, 6.45) is 0. The lowest BCUT2D eigenvalue weighted by atomic mass is 10.1. The molecule has 1 heterocycles. The topological polar surface area (TPSA) is 119 Å². The summed E-state index contributed by atoms with van der Waals surface area (Å²) in [6.45, 7) is 1.57. The third-order valence-electron chi connectivity index (χ3n) is 2.03. The molecule has 0 saturated heterocycles. The van der Waals surface area contributed by atoms with Gasteiger partial charge in [-0.1, -0.05) is 6.07 Å². The number of non-ortho nitro benzene ring substituents is 1. The molecule has 8 heteroatoms. The average molecular weight is 227 g/mol. The van der Waals surface area contributed by atoms with Crippen LogP contribution in [0.15, 0.2) is 18.2 Å². The summed E-state index contributed by atoms with van der Waals surface area (Å²) < 4.78 is 0. The Balaban J connectivity index is 0.000000280. The van der Waals surface area contributed by atoms with Crippen molar-refractivity contribution in [3.05, 3.63) is 49.6 Å². The molecule has 1 aromatic carbocycles. The highest BCUT2D eigenvalue weighted by Crippen LogP contribution is 2.20. The van der Waals surface area contributed by atoms with Crippen molar-refractivity contribution in [3.63, 3.8) is 0 Å². The highest BCUT2D eigenvalue weighted by molar-refractivity contribution is 5.41. The second kappa shape index (κ2) is 5.03. The van der Waals surface area contributed by atoms with E-state index in [1.54, 1.807) is 12.1 Å². The van der Waals surface area contributed by atoms with Gasteiger partial charge in [-0.05, 0) is 11.1 Å². The fraction of sp³-hybridized carbons (Fsp3) is 0.250. The summed E-state index contributed by atoms with van der Waals surface area (Å²) in [7, 11) is 0. The van der Waals surface area contributed by atoms with E-state index in [-0.39, 0.29) is 10.6 Å². The zero-order valence-corrected chi connectivity index (χ0v) is 8.12. The van der Waals surface area contributed by atoms with Crippen molar-refractivity contribution in [2.75, 3.05) is 0 Å². The van der Waals surface area contributed by atoms with E-state index >= 15 is 0 Å². The lowest BCUT2D eigenvalue weighted by Crippen LogP contribution is -1.99. The van der Waals surface area contributed by atoms with E-state index < -0.39 is 5.09 Å². The molecular weight excluding hydrogens is 218 g/mol. The largest absolute Gasteiger partial charge is 0.328 e. The molecule has 16 heavy (non-hydrogen) atoms. The Morgan fingerprint density at radius 2 is 1.75 bits per heavy atom. The first-order valence-corrected chi connectivity index (χ1v) is 4.31. The van der Waals surface area contributed by atoms with Crippen LogP contribution < -0.4 is 5.32 Å². The van der Waals surface area contributed by atoms with Crippen LogP contribution in [0.4, 0.5) is 5.69 Å². The third-order valence-corrected chi connectivity index (χ3v) is 2.03. The van der Waals surface area contributed by atoms with Gasteiger partial charge in [0.05, 0.1) is 4.92 Å². The summed E-state index contributed by atoms with van der Waals surface area (Å²) in [5.74, 6) is 0. The fourth-order valence-corrected chi connectivity index (χ4v) is 1.39. The lowest BCUT2D eigenvalue weighted by molar-refractivity contribution is -0.742. The van der Waals surface area contributed by atoms with Crippen LogP contribution >= 0.6 is 0 Å². The number of hydrogen-bond acceptors (Lipinski definition) is 5. The van der Waals surface area contributed by atoms with Crippen LogP contribution in [-0.4, -0.2) is 15.2 Å². The second-order valence-electron chi connectivity index (χ2n) is 3.05. The maximum Gasteiger partial charge on any atom is 0.291 e. The van der Waals surface area contributed by atoms with Gasteiger partial charge in [0, 0.05) is 25.2 Å². The van der Waals surface area contributed by atoms with Gasteiger partial charge in [-0.15, -0.1) is 10.1 Å². The lowest BCUT2D eigenvalue weighted by Gasteiger charge is -1.95. The molecule has 0 atom stereocenters. The molecule has 0 radical (unpaired) electrons. The summed E-state index contributed by atoms with van der Waals surface area (Å²) in [6, 6.07) is 4.99. The van der Waals surface area contributed by atoms with E-state index in [2.05, 4.69) is 5.32 Å². The van der Waals surface area contributed by atoms with Gasteiger partial charge in [-0.25, -0.2) is 0 Å².